The first kappa shape index (κ1) is 18.7. The third kappa shape index (κ3) is 5.75. The summed E-state index contributed by atoms with van der Waals surface area (Å²) in [5, 5.41) is 10.2. The molecule has 0 amide bonds. The van der Waals surface area contributed by atoms with E-state index in [0.29, 0.717) is 17.0 Å². The Morgan fingerprint density at radius 2 is 2.09 bits per heavy atom. The number of H-pyrrole nitrogens is 1. The van der Waals surface area contributed by atoms with E-state index in [0.717, 1.165) is 63.4 Å². The van der Waals surface area contributed by atoms with Crippen LogP contribution in [0.2, 0.25) is 5.15 Å². The molecule has 1 aromatic rings. The topological polar surface area (TPSA) is 55.4 Å². The van der Waals surface area contributed by atoms with Gasteiger partial charge in [0.05, 0.1) is 5.69 Å². The molecule has 0 unspecified atom stereocenters. The number of rotatable bonds is 8. The van der Waals surface area contributed by atoms with Crippen LogP contribution in [0.5, 0.6) is 0 Å². The molecule has 6 heteroatoms. The summed E-state index contributed by atoms with van der Waals surface area (Å²) < 4.78 is 0. The summed E-state index contributed by atoms with van der Waals surface area (Å²) in [4.78, 5) is 12.5. The van der Waals surface area contributed by atoms with Gasteiger partial charge in [-0.15, -0.1) is 0 Å². The van der Waals surface area contributed by atoms with E-state index in [4.69, 9.17) is 11.6 Å². The number of nitrogens with zero attached hydrogens (tertiary/aromatic N) is 3. The number of nitrogens with one attached hydrogen (secondary N) is 1. The van der Waals surface area contributed by atoms with E-state index in [9.17, 15) is 5.11 Å². The fraction of sp³-hybridized carbons (Fsp3) is 0.824. The number of aliphatic hydroxyl groups excluding tert-OH is 1. The maximum absolute atomic E-state index is 9.60. The van der Waals surface area contributed by atoms with Gasteiger partial charge < -0.3 is 15.0 Å². The number of aromatic nitrogens is 2. The van der Waals surface area contributed by atoms with Gasteiger partial charge in [-0.25, -0.2) is 4.98 Å². The van der Waals surface area contributed by atoms with Gasteiger partial charge in [0.1, 0.15) is 5.82 Å². The largest absolute Gasteiger partial charge is 0.396 e. The van der Waals surface area contributed by atoms with E-state index in [1.54, 1.807) is 0 Å². The second kappa shape index (κ2) is 9.02. The molecule has 2 atom stereocenters. The average Bonchev–Trinajstić information content (AvgIpc) is 2.84. The van der Waals surface area contributed by atoms with Crippen LogP contribution in [-0.4, -0.2) is 65.2 Å². The van der Waals surface area contributed by atoms with Gasteiger partial charge in [-0.3, -0.25) is 4.90 Å². The molecular formula is C17H31ClN4O. The summed E-state index contributed by atoms with van der Waals surface area (Å²) in [6.07, 6.45) is 4.34. The number of imidazole rings is 1. The standard InChI is InChI=1S/C17H31ClN4O/c1-4-5-6-16-19-15(17(18)20-16)11-22-9-13(8-21(2)3)7-14(10-22)12-23/h13-14,23H,4-12H2,1-3H3,(H,19,20)/t13-,14+/m0/s1. The van der Waals surface area contributed by atoms with E-state index in [1.807, 2.05) is 0 Å². The van der Waals surface area contributed by atoms with Crippen molar-refractivity contribution in [2.24, 2.45) is 11.8 Å². The summed E-state index contributed by atoms with van der Waals surface area (Å²) in [6.45, 7) is 6.27. The lowest BCUT2D eigenvalue weighted by Crippen LogP contribution is -2.44. The van der Waals surface area contributed by atoms with Crippen molar-refractivity contribution in [3.05, 3.63) is 16.7 Å². The fourth-order valence-electron chi connectivity index (χ4n) is 3.57. The van der Waals surface area contributed by atoms with Gasteiger partial charge in [0, 0.05) is 39.2 Å². The molecule has 1 aliphatic heterocycles. The highest BCUT2D eigenvalue weighted by molar-refractivity contribution is 6.30. The molecule has 1 aliphatic rings. The molecule has 0 spiro atoms. The van der Waals surface area contributed by atoms with Crippen molar-refractivity contribution >= 4 is 11.6 Å². The Bertz CT molecular complexity index is 477. The van der Waals surface area contributed by atoms with Crippen LogP contribution in [0.4, 0.5) is 0 Å². The Labute approximate surface area is 145 Å². The van der Waals surface area contributed by atoms with Crippen molar-refractivity contribution in [3.63, 3.8) is 0 Å². The van der Waals surface area contributed by atoms with Crippen molar-refractivity contribution in [1.29, 1.82) is 0 Å². The zero-order chi connectivity index (χ0) is 16.8. The second-order valence-electron chi connectivity index (χ2n) is 7.16. The monoisotopic (exact) mass is 342 g/mol. The summed E-state index contributed by atoms with van der Waals surface area (Å²) >= 11 is 6.31. The highest BCUT2D eigenvalue weighted by Crippen LogP contribution is 2.25. The van der Waals surface area contributed by atoms with Crippen molar-refractivity contribution < 1.29 is 5.11 Å². The molecule has 23 heavy (non-hydrogen) atoms. The van der Waals surface area contributed by atoms with Crippen LogP contribution >= 0.6 is 11.6 Å². The highest BCUT2D eigenvalue weighted by Gasteiger charge is 2.28. The number of aromatic amines is 1. The number of unbranched alkanes of at least 4 members (excludes halogenated alkanes) is 1. The number of likely N-dealkylation sites (tertiary alicyclic amines) is 1. The molecule has 132 valence electrons. The number of halogens is 1. The summed E-state index contributed by atoms with van der Waals surface area (Å²) in [7, 11) is 4.22. The van der Waals surface area contributed by atoms with E-state index >= 15 is 0 Å². The first-order chi connectivity index (χ1) is 11.0. The van der Waals surface area contributed by atoms with Gasteiger partial charge in [0.15, 0.2) is 5.15 Å². The Hall–Kier alpha value is -0.620. The Balaban J connectivity index is 1.98. The Kier molecular flexibility index (Phi) is 7.34. The smallest absolute Gasteiger partial charge is 0.151 e. The molecule has 1 saturated heterocycles. The Morgan fingerprint density at radius 1 is 1.35 bits per heavy atom. The fourth-order valence-corrected chi connectivity index (χ4v) is 3.78. The van der Waals surface area contributed by atoms with Gasteiger partial charge in [0.25, 0.3) is 0 Å². The zero-order valence-corrected chi connectivity index (χ0v) is 15.4. The SMILES string of the molecule is CCCCc1nc(Cl)c(CN2C[C@H](CO)C[C@@H](CN(C)C)C2)[nH]1. The van der Waals surface area contributed by atoms with Crippen molar-refractivity contribution in [2.75, 3.05) is 40.3 Å². The molecular weight excluding hydrogens is 312 g/mol. The van der Waals surface area contributed by atoms with Crippen LogP contribution in [0.25, 0.3) is 0 Å². The van der Waals surface area contributed by atoms with Crippen LogP contribution in [0.3, 0.4) is 0 Å². The molecule has 1 aromatic heterocycles. The normalized spacial score (nSPS) is 22.9. The van der Waals surface area contributed by atoms with E-state index < -0.39 is 0 Å². The van der Waals surface area contributed by atoms with Gasteiger partial charge in [-0.1, -0.05) is 24.9 Å². The first-order valence-electron chi connectivity index (χ1n) is 8.73. The molecule has 0 aliphatic carbocycles. The van der Waals surface area contributed by atoms with Gasteiger partial charge in [-0.2, -0.15) is 0 Å². The minimum Gasteiger partial charge on any atom is -0.396 e. The maximum Gasteiger partial charge on any atom is 0.151 e. The number of aryl methyl sites for hydroxylation is 1. The van der Waals surface area contributed by atoms with E-state index in [1.165, 1.54) is 0 Å². The minimum atomic E-state index is 0.263. The van der Waals surface area contributed by atoms with Crippen LogP contribution in [0.15, 0.2) is 0 Å². The highest BCUT2D eigenvalue weighted by atomic mass is 35.5. The maximum atomic E-state index is 9.60. The third-order valence-electron chi connectivity index (χ3n) is 4.51. The zero-order valence-electron chi connectivity index (χ0n) is 14.7. The molecule has 0 bridgehead atoms. The predicted octanol–water partition coefficient (Wildman–Crippen LogP) is 2.40. The molecule has 2 heterocycles. The first-order valence-corrected chi connectivity index (χ1v) is 9.10. The summed E-state index contributed by atoms with van der Waals surface area (Å²) in [5.74, 6) is 1.94. The third-order valence-corrected chi connectivity index (χ3v) is 4.82. The number of aliphatic hydroxyl groups is 1. The molecule has 2 rings (SSSR count). The quantitative estimate of drug-likeness (QED) is 0.761. The van der Waals surface area contributed by atoms with Gasteiger partial charge >= 0.3 is 0 Å². The van der Waals surface area contributed by atoms with Crippen LogP contribution < -0.4 is 0 Å². The molecule has 0 radical (unpaired) electrons. The second-order valence-corrected chi connectivity index (χ2v) is 7.52. The number of hydrogen-bond acceptors (Lipinski definition) is 4. The molecule has 1 fully saturated rings. The summed E-state index contributed by atoms with van der Waals surface area (Å²) in [5.41, 5.74) is 1.01. The Morgan fingerprint density at radius 3 is 2.74 bits per heavy atom. The summed E-state index contributed by atoms with van der Waals surface area (Å²) in [6, 6.07) is 0. The lowest BCUT2D eigenvalue weighted by Gasteiger charge is -2.38. The number of hydrogen-bond donors (Lipinski definition) is 2. The van der Waals surface area contributed by atoms with Crippen molar-refractivity contribution in [1.82, 2.24) is 19.8 Å². The molecule has 0 saturated carbocycles. The molecule has 2 N–H and O–H groups in total. The number of piperidine rings is 1. The van der Waals surface area contributed by atoms with E-state index in [-0.39, 0.29) is 6.61 Å². The molecule has 0 aromatic carbocycles. The minimum absolute atomic E-state index is 0.263. The lowest BCUT2D eigenvalue weighted by molar-refractivity contribution is 0.0686. The van der Waals surface area contributed by atoms with Crippen molar-refractivity contribution in [3.8, 4) is 0 Å². The van der Waals surface area contributed by atoms with Gasteiger partial charge in [-0.05, 0) is 38.8 Å². The lowest BCUT2D eigenvalue weighted by atomic mass is 9.89. The van der Waals surface area contributed by atoms with Crippen LogP contribution in [0.1, 0.15) is 37.7 Å². The average molecular weight is 343 g/mol. The van der Waals surface area contributed by atoms with Crippen LogP contribution in [-0.2, 0) is 13.0 Å². The van der Waals surface area contributed by atoms with Crippen LogP contribution in [0, 0.1) is 11.8 Å². The molecule has 5 nitrogen and oxygen atoms in total. The predicted molar refractivity (Wildman–Crippen MR) is 94.7 cm³/mol. The van der Waals surface area contributed by atoms with E-state index in [2.05, 4.69) is 40.8 Å². The van der Waals surface area contributed by atoms with Crippen molar-refractivity contribution in [2.45, 2.75) is 39.2 Å². The van der Waals surface area contributed by atoms with Gasteiger partial charge in [0.2, 0.25) is 0 Å².